The van der Waals surface area contributed by atoms with Gasteiger partial charge in [-0.05, 0) is 30.4 Å². The molecular weight excluding hydrogens is 264 g/mol. The molecule has 21 heavy (non-hydrogen) atoms. The molecule has 4 nitrogen and oxygen atoms in total. The Morgan fingerprint density at radius 2 is 1.86 bits per heavy atom. The summed E-state index contributed by atoms with van der Waals surface area (Å²) in [4.78, 5) is 28.6. The van der Waals surface area contributed by atoms with Gasteiger partial charge in [0.25, 0.3) is 0 Å². The first-order chi connectivity index (χ1) is 10.1. The zero-order chi connectivity index (χ0) is 15.0. The van der Waals surface area contributed by atoms with Crippen molar-refractivity contribution in [1.82, 2.24) is 4.90 Å². The van der Waals surface area contributed by atoms with Gasteiger partial charge in [0.2, 0.25) is 11.8 Å². The summed E-state index contributed by atoms with van der Waals surface area (Å²) in [6, 6.07) is 7.76. The Hall–Kier alpha value is -1.84. The maximum atomic E-state index is 12.8. The van der Waals surface area contributed by atoms with E-state index in [1.165, 1.54) is 0 Å². The topological polar surface area (TPSA) is 40.6 Å². The predicted octanol–water partition coefficient (Wildman–Crippen LogP) is 2.40. The van der Waals surface area contributed by atoms with Crippen LogP contribution in [0.25, 0.3) is 0 Å². The molecule has 1 unspecified atom stereocenters. The van der Waals surface area contributed by atoms with Crippen LogP contribution in [0.15, 0.2) is 24.3 Å². The summed E-state index contributed by atoms with van der Waals surface area (Å²) < 4.78 is 0. The molecule has 0 bridgehead atoms. The Kier molecular flexibility index (Phi) is 3.70. The van der Waals surface area contributed by atoms with E-state index >= 15 is 0 Å². The van der Waals surface area contributed by atoms with E-state index in [0.29, 0.717) is 12.3 Å². The van der Waals surface area contributed by atoms with Gasteiger partial charge in [-0.2, -0.15) is 0 Å². The normalized spacial score (nSPS) is 23.1. The summed E-state index contributed by atoms with van der Waals surface area (Å²) in [5, 5.41) is 0. The van der Waals surface area contributed by atoms with E-state index < -0.39 is 0 Å². The van der Waals surface area contributed by atoms with Crippen molar-refractivity contribution in [2.45, 2.75) is 32.1 Å². The van der Waals surface area contributed by atoms with Crippen molar-refractivity contribution in [1.29, 1.82) is 0 Å². The number of hydrogen-bond acceptors (Lipinski definition) is 2. The number of amides is 2. The number of likely N-dealkylation sites (tertiary alicyclic amines) is 1. The molecule has 0 spiro atoms. The Morgan fingerprint density at radius 1 is 1.19 bits per heavy atom. The second-order valence-electron chi connectivity index (χ2n) is 6.28. The maximum Gasteiger partial charge on any atom is 0.230 e. The van der Waals surface area contributed by atoms with Crippen molar-refractivity contribution in [2.75, 3.05) is 25.0 Å². The van der Waals surface area contributed by atoms with Gasteiger partial charge in [0, 0.05) is 32.2 Å². The van der Waals surface area contributed by atoms with Crippen LogP contribution in [0.2, 0.25) is 0 Å². The molecule has 4 heteroatoms. The molecule has 2 amide bonds. The van der Waals surface area contributed by atoms with Crippen LogP contribution >= 0.6 is 0 Å². The maximum absolute atomic E-state index is 12.8. The van der Waals surface area contributed by atoms with Gasteiger partial charge in [-0.15, -0.1) is 0 Å². The minimum atomic E-state index is -0.307. The van der Waals surface area contributed by atoms with Crippen LogP contribution in [0.5, 0.6) is 0 Å². The van der Waals surface area contributed by atoms with Gasteiger partial charge in [-0.25, -0.2) is 0 Å². The van der Waals surface area contributed by atoms with Crippen molar-refractivity contribution in [3.8, 4) is 0 Å². The molecule has 0 saturated carbocycles. The number of benzene rings is 1. The summed E-state index contributed by atoms with van der Waals surface area (Å²) in [7, 11) is 1.78. The highest BCUT2D eigenvalue weighted by Gasteiger charge is 2.36. The van der Waals surface area contributed by atoms with Crippen LogP contribution in [0.1, 0.15) is 37.7 Å². The summed E-state index contributed by atoms with van der Waals surface area (Å²) in [5.74, 6) is 0.534. The van der Waals surface area contributed by atoms with Crippen molar-refractivity contribution >= 4 is 17.5 Å². The molecule has 2 heterocycles. The number of fused-ring (bicyclic) bond motifs is 1. The first kappa shape index (κ1) is 14.1. The highest BCUT2D eigenvalue weighted by Crippen LogP contribution is 2.36. The van der Waals surface area contributed by atoms with Gasteiger partial charge in [0.05, 0.1) is 5.92 Å². The molecular formula is C17H22N2O2. The summed E-state index contributed by atoms with van der Waals surface area (Å²) >= 11 is 0. The summed E-state index contributed by atoms with van der Waals surface area (Å²) in [5.41, 5.74) is 1.86. The van der Waals surface area contributed by atoms with E-state index in [1.807, 2.05) is 29.2 Å². The van der Waals surface area contributed by atoms with Gasteiger partial charge >= 0.3 is 0 Å². The Morgan fingerprint density at radius 3 is 2.57 bits per heavy atom. The third-order valence-corrected chi connectivity index (χ3v) is 4.82. The number of rotatable bonds is 1. The molecule has 1 fully saturated rings. The van der Waals surface area contributed by atoms with Crippen LogP contribution < -0.4 is 4.90 Å². The van der Waals surface area contributed by atoms with Crippen LogP contribution in [-0.2, 0) is 9.59 Å². The third kappa shape index (κ3) is 2.55. The molecule has 1 aromatic rings. The fourth-order valence-corrected chi connectivity index (χ4v) is 3.31. The molecule has 112 valence electrons. The Balaban J connectivity index is 1.87. The molecule has 1 saturated heterocycles. The van der Waals surface area contributed by atoms with Crippen molar-refractivity contribution in [3.63, 3.8) is 0 Å². The lowest BCUT2D eigenvalue weighted by Gasteiger charge is -2.36. The number of hydrogen-bond donors (Lipinski definition) is 0. The van der Waals surface area contributed by atoms with Crippen molar-refractivity contribution in [2.24, 2.45) is 5.92 Å². The first-order valence-corrected chi connectivity index (χ1v) is 7.72. The van der Waals surface area contributed by atoms with Crippen molar-refractivity contribution < 1.29 is 9.59 Å². The molecule has 1 aromatic carbocycles. The van der Waals surface area contributed by atoms with Crippen LogP contribution in [0.4, 0.5) is 5.69 Å². The average molecular weight is 286 g/mol. The lowest BCUT2D eigenvalue weighted by molar-refractivity contribution is -0.136. The fourth-order valence-electron chi connectivity index (χ4n) is 3.31. The lowest BCUT2D eigenvalue weighted by Crippen LogP contribution is -2.44. The van der Waals surface area contributed by atoms with Crippen LogP contribution in [0.3, 0.4) is 0 Å². The zero-order valence-electron chi connectivity index (χ0n) is 12.7. The van der Waals surface area contributed by atoms with Gasteiger partial charge in [0.15, 0.2) is 0 Å². The van der Waals surface area contributed by atoms with Gasteiger partial charge in [-0.1, -0.05) is 25.1 Å². The predicted molar refractivity (Wildman–Crippen MR) is 82.2 cm³/mol. The highest BCUT2D eigenvalue weighted by molar-refractivity contribution is 6.02. The Bertz CT molecular complexity index is 562. The standard InChI is InChI=1S/C17H22N2O2/c1-12-7-9-19(10-8-12)17(21)14-11-16(20)18(2)15-6-4-3-5-13(14)15/h3-6,12,14H,7-11H2,1-2H3. The monoisotopic (exact) mass is 286 g/mol. The molecule has 0 aliphatic carbocycles. The lowest BCUT2D eigenvalue weighted by atomic mass is 9.87. The minimum Gasteiger partial charge on any atom is -0.342 e. The molecule has 2 aliphatic heterocycles. The van der Waals surface area contributed by atoms with Gasteiger partial charge < -0.3 is 9.80 Å². The van der Waals surface area contributed by atoms with E-state index in [4.69, 9.17) is 0 Å². The van der Waals surface area contributed by atoms with E-state index in [1.54, 1.807) is 11.9 Å². The largest absolute Gasteiger partial charge is 0.342 e. The molecule has 1 atom stereocenters. The zero-order valence-corrected chi connectivity index (χ0v) is 12.7. The Labute approximate surface area is 125 Å². The van der Waals surface area contributed by atoms with E-state index in [2.05, 4.69) is 6.92 Å². The molecule has 0 aromatic heterocycles. The number of anilines is 1. The summed E-state index contributed by atoms with van der Waals surface area (Å²) in [6.45, 7) is 3.88. The van der Waals surface area contributed by atoms with Crippen LogP contribution in [-0.4, -0.2) is 36.9 Å². The van der Waals surface area contributed by atoms with Crippen LogP contribution in [0, 0.1) is 5.92 Å². The van der Waals surface area contributed by atoms with E-state index in [-0.39, 0.29) is 17.7 Å². The molecule has 0 radical (unpaired) electrons. The number of carbonyl (C=O) groups excluding carboxylic acids is 2. The third-order valence-electron chi connectivity index (χ3n) is 4.82. The fraction of sp³-hybridized carbons (Fsp3) is 0.529. The number of nitrogens with zero attached hydrogens (tertiary/aromatic N) is 2. The number of para-hydroxylation sites is 1. The average Bonchev–Trinajstić information content (AvgIpc) is 2.51. The quantitative estimate of drug-likeness (QED) is 0.795. The van der Waals surface area contributed by atoms with Gasteiger partial charge in [0.1, 0.15) is 0 Å². The summed E-state index contributed by atoms with van der Waals surface area (Å²) in [6.07, 6.45) is 2.42. The SMILES string of the molecule is CC1CCN(C(=O)C2CC(=O)N(C)c3ccccc32)CC1. The van der Waals surface area contributed by atoms with Gasteiger partial charge in [-0.3, -0.25) is 9.59 Å². The minimum absolute atomic E-state index is 0.0254. The first-order valence-electron chi connectivity index (χ1n) is 7.72. The molecule has 3 rings (SSSR count). The van der Waals surface area contributed by atoms with E-state index in [0.717, 1.165) is 37.2 Å². The number of piperidine rings is 1. The second kappa shape index (κ2) is 5.51. The second-order valence-corrected chi connectivity index (χ2v) is 6.28. The molecule has 2 aliphatic rings. The highest BCUT2D eigenvalue weighted by atomic mass is 16.2. The number of carbonyl (C=O) groups is 2. The van der Waals surface area contributed by atoms with E-state index in [9.17, 15) is 9.59 Å². The molecule has 0 N–H and O–H groups in total. The van der Waals surface area contributed by atoms with Crippen molar-refractivity contribution in [3.05, 3.63) is 29.8 Å². The smallest absolute Gasteiger partial charge is 0.230 e.